The molecule has 2 aliphatic rings. The normalized spacial score (nSPS) is 22.8. The molecule has 0 spiro atoms. The molecule has 0 radical (unpaired) electrons. The monoisotopic (exact) mass is 244 g/mol. The Morgan fingerprint density at radius 2 is 2.12 bits per heavy atom. The lowest BCUT2D eigenvalue weighted by molar-refractivity contribution is -0.119. The van der Waals surface area contributed by atoms with Gasteiger partial charge in [0.05, 0.1) is 5.75 Å². The highest BCUT2D eigenvalue weighted by molar-refractivity contribution is 7.99. The first kappa shape index (κ1) is 12.2. The van der Waals surface area contributed by atoms with Crippen molar-refractivity contribution >= 4 is 17.7 Å². The Kier molecular flexibility index (Phi) is 4.93. The highest BCUT2D eigenvalue weighted by atomic mass is 32.2. The van der Waals surface area contributed by atoms with Crippen LogP contribution in [0.5, 0.6) is 0 Å². The summed E-state index contributed by atoms with van der Waals surface area (Å²) in [6.45, 7) is 3.81. The van der Waals surface area contributed by atoms with Crippen molar-refractivity contribution in [1.82, 2.24) is 10.6 Å². The zero-order valence-corrected chi connectivity index (χ0v) is 10.4. The van der Waals surface area contributed by atoms with Crippen LogP contribution in [0.1, 0.15) is 12.8 Å². The van der Waals surface area contributed by atoms with Crippen LogP contribution in [0.3, 0.4) is 0 Å². The van der Waals surface area contributed by atoms with Crippen LogP contribution >= 0.6 is 11.8 Å². The number of amides is 1. The summed E-state index contributed by atoms with van der Waals surface area (Å²) in [4.78, 5) is 11.6. The Hall–Kier alpha value is -0.260. The number of nitrogens with one attached hydrogen (secondary N) is 2. The standard InChI is InChI=1S/C11H20N2O2S/c14-11(8-16-7-9-5-12-6-9)13-10-1-3-15-4-2-10/h9-10,12H,1-8H2,(H,13,14). The van der Waals surface area contributed by atoms with Crippen LogP contribution < -0.4 is 10.6 Å². The maximum absolute atomic E-state index is 11.6. The van der Waals surface area contributed by atoms with Crippen LogP contribution in [0.2, 0.25) is 0 Å². The second kappa shape index (κ2) is 6.47. The summed E-state index contributed by atoms with van der Waals surface area (Å²) >= 11 is 1.75. The zero-order valence-electron chi connectivity index (χ0n) is 9.54. The number of hydrogen-bond acceptors (Lipinski definition) is 4. The summed E-state index contributed by atoms with van der Waals surface area (Å²) < 4.78 is 5.25. The lowest BCUT2D eigenvalue weighted by Gasteiger charge is -2.26. The van der Waals surface area contributed by atoms with Crippen molar-refractivity contribution in [2.75, 3.05) is 37.8 Å². The van der Waals surface area contributed by atoms with Gasteiger partial charge < -0.3 is 15.4 Å². The van der Waals surface area contributed by atoms with Crippen LogP contribution in [0.4, 0.5) is 0 Å². The summed E-state index contributed by atoms with van der Waals surface area (Å²) in [6, 6.07) is 0.340. The number of hydrogen-bond donors (Lipinski definition) is 2. The largest absolute Gasteiger partial charge is 0.381 e. The van der Waals surface area contributed by atoms with Crippen LogP contribution in [0.15, 0.2) is 0 Å². The third kappa shape index (κ3) is 3.96. The van der Waals surface area contributed by atoms with Gasteiger partial charge in [-0.3, -0.25) is 4.79 Å². The maximum Gasteiger partial charge on any atom is 0.230 e. The third-order valence-electron chi connectivity index (χ3n) is 3.04. The minimum atomic E-state index is 0.184. The smallest absolute Gasteiger partial charge is 0.230 e. The van der Waals surface area contributed by atoms with E-state index >= 15 is 0 Å². The van der Waals surface area contributed by atoms with Gasteiger partial charge in [-0.05, 0) is 37.6 Å². The molecule has 0 unspecified atom stereocenters. The topological polar surface area (TPSA) is 50.4 Å². The van der Waals surface area contributed by atoms with Gasteiger partial charge in [0.1, 0.15) is 0 Å². The fraction of sp³-hybridized carbons (Fsp3) is 0.909. The summed E-state index contributed by atoms with van der Waals surface area (Å²) in [5, 5.41) is 6.31. The van der Waals surface area contributed by atoms with Crippen LogP contribution in [-0.2, 0) is 9.53 Å². The predicted octanol–water partition coefficient (Wildman–Crippen LogP) is 0.234. The van der Waals surface area contributed by atoms with Crippen molar-refractivity contribution in [3.05, 3.63) is 0 Å². The van der Waals surface area contributed by atoms with E-state index in [1.807, 2.05) is 0 Å². The summed E-state index contributed by atoms with van der Waals surface area (Å²) in [5.74, 6) is 2.67. The summed E-state index contributed by atoms with van der Waals surface area (Å²) in [6.07, 6.45) is 1.92. The average molecular weight is 244 g/mol. The van der Waals surface area contributed by atoms with Crippen LogP contribution in [0.25, 0.3) is 0 Å². The molecule has 0 saturated carbocycles. The molecular formula is C11H20N2O2S. The lowest BCUT2D eigenvalue weighted by Crippen LogP contribution is -2.44. The molecule has 0 aromatic rings. The first-order chi connectivity index (χ1) is 7.84. The van der Waals surface area contributed by atoms with Crippen molar-refractivity contribution in [1.29, 1.82) is 0 Å². The molecule has 2 fully saturated rings. The van der Waals surface area contributed by atoms with Crippen molar-refractivity contribution in [2.24, 2.45) is 5.92 Å². The van der Waals surface area contributed by atoms with E-state index in [0.717, 1.165) is 50.8 Å². The van der Waals surface area contributed by atoms with Gasteiger partial charge in [0.25, 0.3) is 0 Å². The molecule has 2 N–H and O–H groups in total. The minimum absolute atomic E-state index is 0.184. The van der Waals surface area contributed by atoms with E-state index < -0.39 is 0 Å². The van der Waals surface area contributed by atoms with Crippen molar-refractivity contribution < 1.29 is 9.53 Å². The van der Waals surface area contributed by atoms with E-state index in [1.165, 1.54) is 0 Å². The van der Waals surface area contributed by atoms with Gasteiger partial charge in [-0.2, -0.15) is 11.8 Å². The highest BCUT2D eigenvalue weighted by Gasteiger charge is 2.18. The van der Waals surface area contributed by atoms with Gasteiger partial charge >= 0.3 is 0 Å². The zero-order chi connectivity index (χ0) is 11.2. The fourth-order valence-corrected chi connectivity index (χ4v) is 2.85. The molecule has 0 atom stereocenters. The number of carbonyl (C=O) groups is 1. The second-order valence-corrected chi connectivity index (χ2v) is 5.52. The molecule has 92 valence electrons. The van der Waals surface area contributed by atoms with Gasteiger partial charge in [0, 0.05) is 19.3 Å². The Balaban J connectivity index is 1.52. The molecule has 2 rings (SSSR count). The first-order valence-electron chi connectivity index (χ1n) is 6.00. The quantitative estimate of drug-likeness (QED) is 0.727. The molecular weight excluding hydrogens is 224 g/mol. The van der Waals surface area contributed by atoms with Crippen LogP contribution in [0, 0.1) is 5.92 Å². The van der Waals surface area contributed by atoms with E-state index in [2.05, 4.69) is 10.6 Å². The molecule has 1 amide bonds. The second-order valence-electron chi connectivity index (χ2n) is 4.49. The molecule has 0 aromatic heterocycles. The Morgan fingerprint density at radius 3 is 2.75 bits per heavy atom. The van der Waals surface area contributed by atoms with Gasteiger partial charge in [-0.25, -0.2) is 0 Å². The summed E-state index contributed by atoms with van der Waals surface area (Å²) in [7, 11) is 0. The van der Waals surface area contributed by atoms with Gasteiger partial charge in [0.15, 0.2) is 0 Å². The van der Waals surface area contributed by atoms with Crippen molar-refractivity contribution in [3.63, 3.8) is 0 Å². The molecule has 0 aliphatic carbocycles. The molecule has 0 aromatic carbocycles. The Morgan fingerprint density at radius 1 is 1.38 bits per heavy atom. The molecule has 0 bridgehead atoms. The van der Waals surface area contributed by atoms with Gasteiger partial charge in [-0.15, -0.1) is 0 Å². The average Bonchev–Trinajstić information content (AvgIpc) is 2.23. The predicted molar refractivity (Wildman–Crippen MR) is 65.7 cm³/mol. The highest BCUT2D eigenvalue weighted by Crippen LogP contribution is 2.12. The van der Waals surface area contributed by atoms with Crippen molar-refractivity contribution in [2.45, 2.75) is 18.9 Å². The Labute approximate surface area is 101 Å². The van der Waals surface area contributed by atoms with Gasteiger partial charge in [-0.1, -0.05) is 0 Å². The molecule has 2 heterocycles. The maximum atomic E-state index is 11.6. The van der Waals surface area contributed by atoms with Gasteiger partial charge in [0.2, 0.25) is 5.91 Å². The molecule has 2 aliphatic heterocycles. The molecule has 2 saturated heterocycles. The first-order valence-corrected chi connectivity index (χ1v) is 7.15. The van der Waals surface area contributed by atoms with Crippen molar-refractivity contribution in [3.8, 4) is 0 Å². The number of carbonyl (C=O) groups excluding carboxylic acids is 1. The minimum Gasteiger partial charge on any atom is -0.381 e. The van der Waals surface area contributed by atoms with E-state index in [4.69, 9.17) is 4.74 Å². The van der Waals surface area contributed by atoms with E-state index in [9.17, 15) is 4.79 Å². The molecule has 4 nitrogen and oxygen atoms in total. The van der Waals surface area contributed by atoms with Crippen LogP contribution in [-0.4, -0.2) is 49.8 Å². The lowest BCUT2D eigenvalue weighted by atomic mass is 10.1. The fourth-order valence-electron chi connectivity index (χ4n) is 1.90. The van der Waals surface area contributed by atoms with E-state index in [-0.39, 0.29) is 5.91 Å². The third-order valence-corrected chi connectivity index (χ3v) is 4.21. The number of ether oxygens (including phenoxy) is 1. The molecule has 16 heavy (non-hydrogen) atoms. The summed E-state index contributed by atoms with van der Waals surface area (Å²) in [5.41, 5.74) is 0. The number of rotatable bonds is 5. The van der Waals surface area contributed by atoms with E-state index in [0.29, 0.717) is 11.8 Å². The SMILES string of the molecule is O=C(CSCC1CNC1)NC1CCOCC1. The Bertz CT molecular complexity index is 228. The number of thioether (sulfide) groups is 1. The molecule has 5 heteroatoms. The van der Waals surface area contributed by atoms with E-state index in [1.54, 1.807) is 11.8 Å².